The summed E-state index contributed by atoms with van der Waals surface area (Å²) in [6, 6.07) is 7.48. The molecule has 1 aliphatic rings. The van der Waals surface area contributed by atoms with Crippen LogP contribution in [0.15, 0.2) is 24.3 Å². The Morgan fingerprint density at radius 2 is 1.86 bits per heavy atom. The average molecular weight is 502 g/mol. The fourth-order valence-corrected chi connectivity index (χ4v) is 4.22. The van der Waals surface area contributed by atoms with Gasteiger partial charge >= 0.3 is 5.97 Å². The number of imidazole rings is 1. The summed E-state index contributed by atoms with van der Waals surface area (Å²) in [5.41, 5.74) is 0.760. The van der Waals surface area contributed by atoms with Gasteiger partial charge in [-0.15, -0.1) is 0 Å². The molecule has 0 unspecified atom stereocenters. The van der Waals surface area contributed by atoms with E-state index in [-0.39, 0.29) is 34.4 Å². The number of carbonyl (C=O) groups is 2. The van der Waals surface area contributed by atoms with Crippen LogP contribution in [0.3, 0.4) is 0 Å². The van der Waals surface area contributed by atoms with E-state index >= 15 is 0 Å². The molecule has 0 bridgehead atoms. The van der Waals surface area contributed by atoms with E-state index in [4.69, 9.17) is 21.1 Å². The van der Waals surface area contributed by atoms with E-state index in [9.17, 15) is 14.7 Å². The van der Waals surface area contributed by atoms with E-state index in [1.807, 2.05) is 38.1 Å². The zero-order valence-corrected chi connectivity index (χ0v) is 21.3. The Balaban J connectivity index is 1.84. The van der Waals surface area contributed by atoms with Gasteiger partial charge in [0, 0.05) is 13.7 Å². The molecule has 1 aliphatic carbocycles. The van der Waals surface area contributed by atoms with Gasteiger partial charge in [0.25, 0.3) is 5.91 Å². The van der Waals surface area contributed by atoms with E-state index in [1.54, 1.807) is 18.8 Å². The molecule has 9 heteroatoms. The van der Waals surface area contributed by atoms with Crippen LogP contribution in [0, 0.1) is 23.7 Å². The van der Waals surface area contributed by atoms with Gasteiger partial charge in [-0.05, 0) is 80.7 Å². The molecule has 0 radical (unpaired) electrons. The van der Waals surface area contributed by atoms with E-state index in [0.717, 1.165) is 24.2 Å². The third kappa shape index (κ3) is 7.00. The number of nitrogens with one attached hydrogen (secondary N) is 1. The molecule has 0 atom stereocenters. The zero-order valence-electron chi connectivity index (χ0n) is 20.6. The first-order valence-corrected chi connectivity index (χ1v) is 12.0. The zero-order chi connectivity index (χ0) is 25.6. The minimum absolute atomic E-state index is 0.160. The smallest absolute Gasteiger partial charge is 0.306 e. The van der Waals surface area contributed by atoms with Gasteiger partial charge in [0.05, 0.1) is 19.6 Å². The highest BCUT2D eigenvalue weighted by Gasteiger charge is 2.27. The monoisotopic (exact) mass is 501 g/mol. The minimum atomic E-state index is -0.744. The van der Waals surface area contributed by atoms with Gasteiger partial charge in [-0.2, -0.15) is 0 Å². The Morgan fingerprint density at radius 3 is 2.43 bits per heavy atom. The van der Waals surface area contributed by atoms with Crippen molar-refractivity contribution in [2.45, 2.75) is 51.7 Å². The lowest BCUT2D eigenvalue weighted by molar-refractivity contribution is -0.143. The van der Waals surface area contributed by atoms with E-state index < -0.39 is 11.6 Å². The number of rotatable bonds is 8. The van der Waals surface area contributed by atoms with Crippen LogP contribution < -0.4 is 10.1 Å². The van der Waals surface area contributed by atoms with Crippen molar-refractivity contribution in [1.29, 1.82) is 0 Å². The van der Waals surface area contributed by atoms with Crippen LogP contribution in [-0.2, 0) is 16.1 Å². The number of nitrogens with zero attached hydrogens (tertiary/aromatic N) is 2. The standard InChI is InChI=1S/C26H32ClN3O5/c1-26(2,35-4)14-13-21-22(23(31)28-15-17-5-9-19(10-6-17)24(32)33)30(25(27)29-21)16-18-7-11-20(34-3)12-8-18/h7-8,11-12,17,19H,5-6,9-10,15-16H2,1-4H3,(H,28,31)(H,32,33). The number of carboxylic acid groups (broad SMARTS) is 1. The minimum Gasteiger partial charge on any atom is -0.497 e. The Morgan fingerprint density at radius 1 is 1.20 bits per heavy atom. The molecule has 1 amide bonds. The maximum Gasteiger partial charge on any atom is 0.306 e. The molecule has 2 aromatic rings. The highest BCUT2D eigenvalue weighted by Crippen LogP contribution is 2.28. The predicted octanol–water partition coefficient (Wildman–Crippen LogP) is 3.99. The van der Waals surface area contributed by atoms with E-state index in [2.05, 4.69) is 22.1 Å². The summed E-state index contributed by atoms with van der Waals surface area (Å²) in [6.45, 7) is 4.43. The largest absolute Gasteiger partial charge is 0.497 e. The molecule has 1 aromatic carbocycles. The molecule has 3 rings (SSSR count). The maximum absolute atomic E-state index is 13.4. The Bertz CT molecular complexity index is 1110. The molecule has 1 fully saturated rings. The maximum atomic E-state index is 13.4. The van der Waals surface area contributed by atoms with Gasteiger partial charge < -0.3 is 24.5 Å². The lowest BCUT2D eigenvalue weighted by atomic mass is 9.82. The number of hydrogen-bond donors (Lipinski definition) is 2. The molecule has 2 N–H and O–H groups in total. The molecule has 0 saturated heterocycles. The summed E-state index contributed by atoms with van der Waals surface area (Å²) >= 11 is 6.47. The summed E-state index contributed by atoms with van der Waals surface area (Å²) in [6.07, 6.45) is 2.77. The number of halogens is 1. The number of carbonyl (C=O) groups excluding carboxylic acids is 1. The molecule has 1 heterocycles. The predicted molar refractivity (Wildman–Crippen MR) is 133 cm³/mol. The van der Waals surface area contributed by atoms with Gasteiger partial charge in [0.1, 0.15) is 22.7 Å². The molecular weight excluding hydrogens is 470 g/mol. The fraction of sp³-hybridized carbons (Fsp3) is 0.500. The highest BCUT2D eigenvalue weighted by molar-refractivity contribution is 6.29. The Hall–Kier alpha value is -3.02. The second-order valence-corrected chi connectivity index (χ2v) is 9.58. The SMILES string of the molecule is COc1ccc(Cn2c(Cl)nc(C#CC(C)(C)OC)c2C(=O)NCC2CCC(C(=O)O)CC2)cc1. The second-order valence-electron chi connectivity index (χ2n) is 9.24. The normalized spacial score (nSPS) is 17.9. The second kappa shape index (κ2) is 11.6. The van der Waals surface area contributed by atoms with Crippen molar-refractivity contribution >= 4 is 23.5 Å². The number of amides is 1. The van der Waals surface area contributed by atoms with Crippen LogP contribution in [0.2, 0.25) is 5.28 Å². The molecule has 0 aliphatic heterocycles. The number of ether oxygens (including phenoxy) is 2. The summed E-state index contributed by atoms with van der Waals surface area (Å²) in [7, 11) is 3.17. The van der Waals surface area contributed by atoms with Crippen molar-refractivity contribution in [3.8, 4) is 17.6 Å². The van der Waals surface area contributed by atoms with Crippen molar-refractivity contribution < 1.29 is 24.2 Å². The molecule has 188 valence electrons. The van der Waals surface area contributed by atoms with Crippen LogP contribution in [-0.4, -0.2) is 52.9 Å². The number of hydrogen-bond acceptors (Lipinski definition) is 5. The van der Waals surface area contributed by atoms with Crippen LogP contribution in [0.1, 0.15) is 61.3 Å². The highest BCUT2D eigenvalue weighted by atomic mass is 35.5. The lowest BCUT2D eigenvalue weighted by Crippen LogP contribution is -2.34. The number of benzene rings is 1. The first-order valence-electron chi connectivity index (χ1n) is 11.6. The van der Waals surface area contributed by atoms with Crippen molar-refractivity contribution in [2.24, 2.45) is 11.8 Å². The van der Waals surface area contributed by atoms with E-state index in [1.165, 1.54) is 0 Å². The number of methoxy groups -OCH3 is 2. The van der Waals surface area contributed by atoms with Gasteiger partial charge in [0.15, 0.2) is 0 Å². The fourth-order valence-electron chi connectivity index (χ4n) is 4.00. The Labute approximate surface area is 211 Å². The third-order valence-corrected chi connectivity index (χ3v) is 6.66. The summed E-state index contributed by atoms with van der Waals surface area (Å²) in [5, 5.41) is 12.4. The quantitative estimate of drug-likeness (QED) is 0.530. The van der Waals surface area contributed by atoms with Crippen molar-refractivity contribution in [1.82, 2.24) is 14.9 Å². The van der Waals surface area contributed by atoms with Crippen molar-refractivity contribution in [3.63, 3.8) is 0 Å². The molecular formula is C26H32ClN3O5. The Kier molecular flexibility index (Phi) is 8.82. The molecule has 0 spiro atoms. The first kappa shape index (κ1) is 26.6. The average Bonchev–Trinajstić information content (AvgIpc) is 3.17. The topological polar surface area (TPSA) is 103 Å². The molecule has 1 saturated carbocycles. The van der Waals surface area contributed by atoms with Crippen LogP contribution in [0.4, 0.5) is 0 Å². The summed E-state index contributed by atoms with van der Waals surface area (Å²) < 4.78 is 12.2. The van der Waals surface area contributed by atoms with Gasteiger partial charge in [-0.25, -0.2) is 4.98 Å². The third-order valence-electron chi connectivity index (χ3n) is 6.38. The summed E-state index contributed by atoms with van der Waals surface area (Å²) in [4.78, 5) is 28.9. The van der Waals surface area contributed by atoms with Crippen LogP contribution in [0.25, 0.3) is 0 Å². The molecule has 1 aromatic heterocycles. The summed E-state index contributed by atoms with van der Waals surface area (Å²) in [5.74, 6) is 5.57. The first-order chi connectivity index (χ1) is 16.6. The van der Waals surface area contributed by atoms with Gasteiger partial charge in [-0.3, -0.25) is 9.59 Å². The van der Waals surface area contributed by atoms with Crippen LogP contribution >= 0.6 is 11.6 Å². The number of aromatic nitrogens is 2. The van der Waals surface area contributed by atoms with Crippen molar-refractivity contribution in [3.05, 3.63) is 46.5 Å². The molecule has 35 heavy (non-hydrogen) atoms. The van der Waals surface area contributed by atoms with Crippen LogP contribution in [0.5, 0.6) is 5.75 Å². The lowest BCUT2D eigenvalue weighted by Gasteiger charge is -2.26. The van der Waals surface area contributed by atoms with E-state index in [0.29, 0.717) is 25.9 Å². The number of carboxylic acids is 1. The van der Waals surface area contributed by atoms with Gasteiger partial charge in [0.2, 0.25) is 5.28 Å². The van der Waals surface area contributed by atoms with Crippen molar-refractivity contribution in [2.75, 3.05) is 20.8 Å². The van der Waals surface area contributed by atoms with Gasteiger partial charge in [-0.1, -0.05) is 18.1 Å². The number of aliphatic carboxylic acids is 1. The molecule has 8 nitrogen and oxygen atoms in total.